The smallest absolute Gasteiger partial charge is 0.139 e. The number of nitrogen functional groups attached to an aromatic ring is 1. The molecule has 1 aliphatic heterocycles. The monoisotopic (exact) mass is 305 g/mol. The average Bonchev–Trinajstić information content (AvgIpc) is 3.00. The molecule has 0 aliphatic carbocycles. The molecule has 0 fully saturated rings. The van der Waals surface area contributed by atoms with Gasteiger partial charge in [-0.3, -0.25) is 0 Å². The van der Waals surface area contributed by atoms with Crippen molar-refractivity contribution in [1.82, 2.24) is 4.98 Å². The molecule has 0 radical (unpaired) electrons. The summed E-state index contributed by atoms with van der Waals surface area (Å²) < 4.78 is 5.52. The van der Waals surface area contributed by atoms with Crippen molar-refractivity contribution in [2.75, 3.05) is 23.8 Å². The summed E-state index contributed by atoms with van der Waals surface area (Å²) in [6.45, 7) is 3.56. The van der Waals surface area contributed by atoms with Crippen molar-refractivity contribution in [3.63, 3.8) is 0 Å². The second-order valence-electron chi connectivity index (χ2n) is 5.67. The van der Waals surface area contributed by atoms with Crippen LogP contribution in [0.4, 0.5) is 17.2 Å². The Morgan fingerprint density at radius 3 is 2.70 bits per heavy atom. The third-order valence-corrected chi connectivity index (χ3v) is 4.32. The number of fused-ring (bicyclic) bond motifs is 2. The molecule has 2 heterocycles. The third-order valence-electron chi connectivity index (χ3n) is 4.32. The van der Waals surface area contributed by atoms with Crippen molar-refractivity contribution in [2.24, 2.45) is 0 Å². The number of para-hydroxylation sites is 1. The van der Waals surface area contributed by atoms with E-state index in [2.05, 4.69) is 17.0 Å². The highest BCUT2D eigenvalue weighted by atomic mass is 16.5. The number of pyridine rings is 1. The maximum atomic E-state index is 6.39. The molecule has 116 valence electrons. The van der Waals surface area contributed by atoms with E-state index in [1.54, 1.807) is 0 Å². The van der Waals surface area contributed by atoms with E-state index >= 15 is 0 Å². The predicted molar refractivity (Wildman–Crippen MR) is 94.5 cm³/mol. The molecule has 0 spiro atoms. The van der Waals surface area contributed by atoms with Crippen molar-refractivity contribution < 1.29 is 4.74 Å². The summed E-state index contributed by atoms with van der Waals surface area (Å²) in [6.07, 6.45) is 0.923. The van der Waals surface area contributed by atoms with Crippen LogP contribution in [0.15, 0.2) is 48.5 Å². The third kappa shape index (κ3) is 2.27. The summed E-state index contributed by atoms with van der Waals surface area (Å²) in [5, 5.41) is 1.04. The standard InChI is InChI=1S/C19H19N3O/c1-2-23-14-9-7-13(8-10-14)22-12-11-16-18(20)15-5-3-4-6-17(15)21-19(16)22/h3-10H,2,11-12H2,1H3,(H2,20,21). The summed E-state index contributed by atoms with van der Waals surface area (Å²) in [5.41, 5.74) is 10.5. The van der Waals surface area contributed by atoms with E-state index < -0.39 is 0 Å². The van der Waals surface area contributed by atoms with Gasteiger partial charge in [0.2, 0.25) is 0 Å². The van der Waals surface area contributed by atoms with Gasteiger partial charge in [0.1, 0.15) is 11.6 Å². The zero-order chi connectivity index (χ0) is 15.8. The number of rotatable bonds is 3. The fraction of sp³-hybridized carbons (Fsp3) is 0.211. The summed E-state index contributed by atoms with van der Waals surface area (Å²) in [6, 6.07) is 16.2. The lowest BCUT2D eigenvalue weighted by Gasteiger charge is -2.19. The second kappa shape index (κ2) is 5.47. The Hall–Kier alpha value is -2.75. The van der Waals surface area contributed by atoms with Crippen LogP contribution >= 0.6 is 0 Å². The number of anilines is 3. The summed E-state index contributed by atoms with van der Waals surface area (Å²) >= 11 is 0. The molecule has 4 rings (SSSR count). The number of ether oxygens (including phenoxy) is 1. The lowest BCUT2D eigenvalue weighted by molar-refractivity contribution is 0.340. The maximum Gasteiger partial charge on any atom is 0.139 e. The van der Waals surface area contributed by atoms with Crippen molar-refractivity contribution in [1.29, 1.82) is 0 Å². The normalized spacial score (nSPS) is 13.3. The summed E-state index contributed by atoms with van der Waals surface area (Å²) in [7, 11) is 0. The molecule has 0 unspecified atom stereocenters. The topological polar surface area (TPSA) is 51.4 Å². The van der Waals surface area contributed by atoms with E-state index in [4.69, 9.17) is 15.5 Å². The molecular formula is C19H19N3O. The lowest BCUT2D eigenvalue weighted by Crippen LogP contribution is -2.14. The Morgan fingerprint density at radius 1 is 1.13 bits per heavy atom. The molecule has 23 heavy (non-hydrogen) atoms. The summed E-state index contributed by atoms with van der Waals surface area (Å²) in [4.78, 5) is 7.08. The largest absolute Gasteiger partial charge is 0.494 e. The molecule has 0 amide bonds. The molecule has 0 saturated carbocycles. The minimum atomic E-state index is 0.677. The molecule has 0 saturated heterocycles. The molecule has 0 atom stereocenters. The van der Waals surface area contributed by atoms with E-state index in [0.717, 1.165) is 52.4 Å². The van der Waals surface area contributed by atoms with Crippen LogP contribution in [-0.4, -0.2) is 18.1 Å². The van der Waals surface area contributed by atoms with Crippen LogP contribution in [0.2, 0.25) is 0 Å². The van der Waals surface area contributed by atoms with Gasteiger partial charge in [0.05, 0.1) is 12.1 Å². The number of nitrogens with two attached hydrogens (primary N) is 1. The maximum absolute atomic E-state index is 6.39. The average molecular weight is 305 g/mol. The lowest BCUT2D eigenvalue weighted by atomic mass is 10.1. The van der Waals surface area contributed by atoms with E-state index in [9.17, 15) is 0 Å². The van der Waals surface area contributed by atoms with Crippen LogP contribution in [-0.2, 0) is 6.42 Å². The predicted octanol–water partition coefficient (Wildman–Crippen LogP) is 3.91. The second-order valence-corrected chi connectivity index (χ2v) is 5.67. The first-order chi connectivity index (χ1) is 11.3. The van der Waals surface area contributed by atoms with Gasteiger partial charge in [-0.1, -0.05) is 18.2 Å². The quantitative estimate of drug-likeness (QED) is 0.797. The SMILES string of the molecule is CCOc1ccc(N2CCc3c2nc2ccccc2c3N)cc1. The molecular weight excluding hydrogens is 286 g/mol. The van der Waals surface area contributed by atoms with Crippen molar-refractivity contribution >= 4 is 28.1 Å². The van der Waals surface area contributed by atoms with Gasteiger partial charge in [0.25, 0.3) is 0 Å². The number of hydrogen-bond acceptors (Lipinski definition) is 4. The molecule has 4 nitrogen and oxygen atoms in total. The van der Waals surface area contributed by atoms with Gasteiger partial charge in [0.15, 0.2) is 0 Å². The van der Waals surface area contributed by atoms with Gasteiger partial charge < -0.3 is 15.4 Å². The Morgan fingerprint density at radius 2 is 1.91 bits per heavy atom. The number of hydrogen-bond donors (Lipinski definition) is 1. The van der Waals surface area contributed by atoms with Crippen LogP contribution in [0, 0.1) is 0 Å². The zero-order valence-corrected chi connectivity index (χ0v) is 13.1. The van der Waals surface area contributed by atoms with Gasteiger partial charge >= 0.3 is 0 Å². The molecule has 0 bridgehead atoms. The number of benzene rings is 2. The molecule has 4 heteroatoms. The first-order valence-electron chi connectivity index (χ1n) is 7.95. The van der Waals surface area contributed by atoms with Crippen LogP contribution < -0.4 is 15.4 Å². The summed E-state index contributed by atoms with van der Waals surface area (Å²) in [5.74, 6) is 1.87. The van der Waals surface area contributed by atoms with Gasteiger partial charge in [-0.25, -0.2) is 4.98 Å². The fourth-order valence-electron chi connectivity index (χ4n) is 3.20. The van der Waals surface area contributed by atoms with Crippen LogP contribution in [0.5, 0.6) is 5.75 Å². The highest BCUT2D eigenvalue weighted by Crippen LogP contribution is 2.39. The van der Waals surface area contributed by atoms with Gasteiger partial charge in [0, 0.05) is 28.9 Å². The Labute approximate surface area is 135 Å². The zero-order valence-electron chi connectivity index (χ0n) is 13.1. The Balaban J connectivity index is 1.77. The van der Waals surface area contributed by atoms with Crippen LogP contribution in [0.25, 0.3) is 10.9 Å². The van der Waals surface area contributed by atoms with E-state index in [1.807, 2.05) is 43.3 Å². The van der Waals surface area contributed by atoms with Crippen molar-refractivity contribution in [2.45, 2.75) is 13.3 Å². The van der Waals surface area contributed by atoms with Crippen molar-refractivity contribution in [3.05, 3.63) is 54.1 Å². The highest BCUT2D eigenvalue weighted by Gasteiger charge is 2.25. The number of nitrogens with zero attached hydrogens (tertiary/aromatic N) is 2. The molecule has 2 N–H and O–H groups in total. The van der Waals surface area contributed by atoms with Crippen LogP contribution in [0.3, 0.4) is 0 Å². The van der Waals surface area contributed by atoms with Crippen LogP contribution in [0.1, 0.15) is 12.5 Å². The van der Waals surface area contributed by atoms with E-state index in [1.165, 1.54) is 0 Å². The Bertz CT molecular complexity index is 858. The van der Waals surface area contributed by atoms with Gasteiger partial charge in [-0.05, 0) is 43.7 Å². The first-order valence-corrected chi connectivity index (χ1v) is 7.95. The minimum Gasteiger partial charge on any atom is -0.494 e. The molecule has 2 aromatic carbocycles. The minimum absolute atomic E-state index is 0.677. The first kappa shape index (κ1) is 13.9. The molecule has 3 aromatic rings. The van der Waals surface area contributed by atoms with E-state index in [-0.39, 0.29) is 0 Å². The highest BCUT2D eigenvalue weighted by molar-refractivity contribution is 5.95. The fourth-order valence-corrected chi connectivity index (χ4v) is 3.20. The Kier molecular flexibility index (Phi) is 3.30. The van der Waals surface area contributed by atoms with Crippen molar-refractivity contribution in [3.8, 4) is 5.75 Å². The molecule has 1 aromatic heterocycles. The van der Waals surface area contributed by atoms with Gasteiger partial charge in [-0.15, -0.1) is 0 Å². The van der Waals surface area contributed by atoms with Gasteiger partial charge in [-0.2, -0.15) is 0 Å². The molecule has 1 aliphatic rings. The van der Waals surface area contributed by atoms with E-state index in [0.29, 0.717) is 6.61 Å². The number of aromatic nitrogens is 1.